The summed E-state index contributed by atoms with van der Waals surface area (Å²) in [5.74, 6) is -1.08. The molecule has 118 valence electrons. The average molecular weight is 320 g/mol. The Morgan fingerprint density at radius 3 is 2.41 bits per heavy atom. The number of carbonyl (C=O) groups excluding carboxylic acids is 1. The fourth-order valence-corrected chi connectivity index (χ4v) is 4.28. The number of halogens is 1. The minimum Gasteiger partial charge on any atom is -0.545 e. The topological polar surface area (TPSA) is 48.3 Å². The molecule has 3 heterocycles. The van der Waals surface area contributed by atoms with Crippen LogP contribution in [0.1, 0.15) is 42.1 Å². The molecule has 4 nitrogen and oxygen atoms in total. The molecule has 4 rings (SSSR count). The number of hydrogen-bond acceptors (Lipinski definition) is 3. The number of carboxylic acid groups (broad SMARTS) is 1. The summed E-state index contributed by atoms with van der Waals surface area (Å²) in [6.07, 6.45) is 6.54. The van der Waals surface area contributed by atoms with E-state index in [1.807, 2.05) is 24.3 Å². The van der Waals surface area contributed by atoms with Crippen molar-refractivity contribution < 1.29 is 9.90 Å². The lowest BCUT2D eigenvalue weighted by molar-refractivity contribution is -0.254. The number of hydrogen-bond donors (Lipinski definition) is 0. The van der Waals surface area contributed by atoms with Crippen molar-refractivity contribution in [2.24, 2.45) is 0 Å². The number of nitrogens with zero attached hydrogens (tertiary/aromatic N) is 2. The third-order valence-electron chi connectivity index (χ3n) is 5.43. The van der Waals surface area contributed by atoms with E-state index in [2.05, 4.69) is 16.5 Å². The van der Waals surface area contributed by atoms with Crippen LogP contribution in [-0.2, 0) is 0 Å². The zero-order valence-electron chi connectivity index (χ0n) is 12.6. The summed E-state index contributed by atoms with van der Waals surface area (Å²) in [5.41, 5.74) is 1.34. The highest BCUT2D eigenvalue weighted by Crippen LogP contribution is 2.41. The molecule has 2 fully saturated rings. The molecule has 1 unspecified atom stereocenters. The Kier molecular flexibility index (Phi) is 3.91. The Morgan fingerprint density at radius 2 is 1.77 bits per heavy atom. The number of rotatable bonds is 2. The number of aromatic carboxylic acids is 1. The number of carboxylic acids is 1. The van der Waals surface area contributed by atoms with E-state index >= 15 is 0 Å². The molecule has 0 aliphatic carbocycles. The van der Waals surface area contributed by atoms with Crippen molar-refractivity contribution >= 4 is 29.3 Å². The van der Waals surface area contributed by atoms with Gasteiger partial charge in [0.1, 0.15) is 0 Å². The number of fused-ring (bicyclic) bond motifs is 3. The summed E-state index contributed by atoms with van der Waals surface area (Å²) >= 11 is 0. The van der Waals surface area contributed by atoms with Crippen LogP contribution in [0.2, 0.25) is 0 Å². The van der Waals surface area contributed by atoms with Crippen LogP contribution in [-0.4, -0.2) is 34.6 Å². The van der Waals surface area contributed by atoms with Crippen LogP contribution >= 0.6 is 12.4 Å². The smallest absolute Gasteiger partial charge is 0.0736 e. The summed E-state index contributed by atoms with van der Waals surface area (Å²) in [4.78, 5) is 13.9. The molecule has 0 saturated carbocycles. The Labute approximate surface area is 136 Å². The Bertz CT molecular complexity index is 698. The number of para-hydroxylation sites is 1. The van der Waals surface area contributed by atoms with E-state index in [0.717, 1.165) is 23.7 Å². The monoisotopic (exact) mass is 319 g/mol. The zero-order chi connectivity index (χ0) is 14.6. The van der Waals surface area contributed by atoms with Gasteiger partial charge < -0.3 is 19.4 Å². The van der Waals surface area contributed by atoms with Crippen molar-refractivity contribution in [1.29, 1.82) is 0 Å². The molecule has 0 radical (unpaired) electrons. The van der Waals surface area contributed by atoms with Crippen LogP contribution in [0.4, 0.5) is 0 Å². The second-order valence-electron chi connectivity index (χ2n) is 6.43. The van der Waals surface area contributed by atoms with Gasteiger partial charge in [0.15, 0.2) is 0 Å². The van der Waals surface area contributed by atoms with Crippen LogP contribution in [0.5, 0.6) is 0 Å². The van der Waals surface area contributed by atoms with Crippen molar-refractivity contribution in [2.75, 3.05) is 7.05 Å². The van der Waals surface area contributed by atoms with E-state index in [1.165, 1.54) is 12.8 Å². The van der Waals surface area contributed by atoms with Crippen molar-refractivity contribution in [3.05, 3.63) is 36.0 Å². The third-order valence-corrected chi connectivity index (χ3v) is 5.43. The van der Waals surface area contributed by atoms with Crippen molar-refractivity contribution in [3.8, 4) is 0 Å². The molecule has 2 aliphatic heterocycles. The summed E-state index contributed by atoms with van der Waals surface area (Å²) in [7, 11) is 2.22. The van der Waals surface area contributed by atoms with E-state index in [1.54, 1.807) is 6.20 Å². The molecule has 1 aromatic heterocycles. The summed E-state index contributed by atoms with van der Waals surface area (Å²) < 4.78 is 2.18. The Morgan fingerprint density at radius 1 is 1.14 bits per heavy atom. The Balaban J connectivity index is 0.00000144. The summed E-state index contributed by atoms with van der Waals surface area (Å²) in [6, 6.07) is 9.43. The van der Waals surface area contributed by atoms with Crippen LogP contribution in [0.15, 0.2) is 30.5 Å². The van der Waals surface area contributed by atoms with E-state index in [4.69, 9.17) is 0 Å². The molecule has 2 saturated heterocycles. The van der Waals surface area contributed by atoms with E-state index < -0.39 is 5.97 Å². The van der Waals surface area contributed by atoms with Gasteiger partial charge in [-0.05, 0) is 38.8 Å². The van der Waals surface area contributed by atoms with Gasteiger partial charge in [0.25, 0.3) is 0 Å². The van der Waals surface area contributed by atoms with Gasteiger partial charge in [-0.1, -0.05) is 18.2 Å². The first-order valence-electron chi connectivity index (χ1n) is 7.68. The van der Waals surface area contributed by atoms with Gasteiger partial charge >= 0.3 is 0 Å². The number of aromatic nitrogens is 1. The summed E-state index contributed by atoms with van der Waals surface area (Å²) in [5, 5.41) is 12.2. The van der Waals surface area contributed by atoms with Crippen molar-refractivity contribution in [3.63, 3.8) is 0 Å². The number of benzene rings is 1. The van der Waals surface area contributed by atoms with Crippen LogP contribution in [0.25, 0.3) is 10.9 Å². The third kappa shape index (κ3) is 2.22. The SMILES string of the molecule is CN1[C@@H]2CC[C@H]1CC(n1cc(C(=O)[O-])c3ccccc31)C2.Cl. The largest absolute Gasteiger partial charge is 0.545 e. The molecule has 2 aromatic rings. The molecule has 3 atom stereocenters. The summed E-state index contributed by atoms with van der Waals surface area (Å²) in [6.45, 7) is 0. The molecule has 2 aliphatic rings. The lowest BCUT2D eigenvalue weighted by Gasteiger charge is -2.37. The van der Waals surface area contributed by atoms with E-state index in [-0.39, 0.29) is 12.4 Å². The number of carbonyl (C=O) groups is 1. The standard InChI is InChI=1S/C17H20N2O2.ClH/c1-18-11-6-7-12(18)9-13(8-11)19-10-15(17(20)21)14-4-2-3-5-16(14)19;/h2-5,10-13H,6-9H2,1H3,(H,20,21);1H/p-1/t11-,12+,13?;. The molecular formula is C17H20ClN2O2-. The lowest BCUT2D eigenvalue weighted by Crippen LogP contribution is -2.40. The first-order valence-corrected chi connectivity index (χ1v) is 7.68. The van der Waals surface area contributed by atoms with Crippen LogP contribution in [0.3, 0.4) is 0 Å². The molecule has 5 heteroatoms. The average Bonchev–Trinajstić information content (AvgIpc) is 2.93. The zero-order valence-corrected chi connectivity index (χ0v) is 13.4. The molecule has 0 amide bonds. The number of piperidine rings is 1. The second kappa shape index (κ2) is 5.60. The molecule has 2 bridgehead atoms. The van der Waals surface area contributed by atoms with E-state index in [9.17, 15) is 9.90 Å². The van der Waals surface area contributed by atoms with Gasteiger partial charge in [0.05, 0.1) is 5.97 Å². The minimum absolute atomic E-state index is 0. The van der Waals surface area contributed by atoms with Gasteiger partial charge in [0, 0.05) is 40.8 Å². The first-order chi connectivity index (χ1) is 10.1. The molecule has 0 N–H and O–H groups in total. The van der Waals surface area contributed by atoms with Gasteiger partial charge in [0.2, 0.25) is 0 Å². The molecular weight excluding hydrogens is 300 g/mol. The van der Waals surface area contributed by atoms with Gasteiger partial charge in [-0.25, -0.2) is 0 Å². The fraction of sp³-hybridized carbons (Fsp3) is 0.471. The highest BCUT2D eigenvalue weighted by Gasteiger charge is 2.39. The van der Waals surface area contributed by atoms with Gasteiger partial charge in [-0.3, -0.25) is 0 Å². The van der Waals surface area contributed by atoms with Crippen LogP contribution < -0.4 is 5.11 Å². The highest BCUT2D eigenvalue weighted by atomic mass is 35.5. The van der Waals surface area contributed by atoms with Crippen molar-refractivity contribution in [1.82, 2.24) is 9.47 Å². The maximum absolute atomic E-state index is 11.4. The fourth-order valence-electron chi connectivity index (χ4n) is 4.28. The van der Waals surface area contributed by atoms with E-state index in [0.29, 0.717) is 23.7 Å². The highest BCUT2D eigenvalue weighted by molar-refractivity contribution is 6.02. The lowest BCUT2D eigenvalue weighted by atomic mass is 9.97. The molecule has 22 heavy (non-hydrogen) atoms. The van der Waals surface area contributed by atoms with Crippen molar-refractivity contribution in [2.45, 2.75) is 43.8 Å². The van der Waals surface area contributed by atoms with Gasteiger partial charge in [-0.2, -0.15) is 0 Å². The Hall–Kier alpha value is -1.52. The maximum atomic E-state index is 11.4. The van der Waals surface area contributed by atoms with Gasteiger partial charge in [-0.15, -0.1) is 12.4 Å². The molecule has 0 spiro atoms. The molecule has 1 aromatic carbocycles. The first kappa shape index (κ1) is 15.4. The maximum Gasteiger partial charge on any atom is 0.0736 e. The minimum atomic E-state index is -1.08. The normalized spacial score (nSPS) is 27.8. The predicted molar refractivity (Wildman–Crippen MR) is 86.4 cm³/mol. The van der Waals surface area contributed by atoms with Crippen LogP contribution in [0, 0.1) is 0 Å². The second-order valence-corrected chi connectivity index (χ2v) is 6.43. The predicted octanol–water partition coefficient (Wildman–Crippen LogP) is 2.22. The quantitative estimate of drug-likeness (QED) is 0.853.